The number of fused-ring (bicyclic) bond motifs is 21. The molecule has 18 aromatic rings. The van der Waals surface area contributed by atoms with Crippen molar-refractivity contribution in [2.24, 2.45) is 0 Å². The van der Waals surface area contributed by atoms with Crippen LogP contribution in [0.4, 0.5) is 0 Å². The fourth-order valence-corrected chi connectivity index (χ4v) is 19.7. The highest BCUT2D eigenvalue weighted by Crippen LogP contribution is 2.39. The average molecular weight is 1480 g/mol. The number of para-hydroxylation sites is 6. The highest BCUT2D eigenvalue weighted by Gasteiger charge is 2.23. The largest absolute Gasteiger partial charge is 0.345 e. The van der Waals surface area contributed by atoms with Gasteiger partial charge in [0.05, 0.1) is 11.0 Å². The number of benzene rings is 11. The van der Waals surface area contributed by atoms with Crippen LogP contribution in [-0.2, 0) is 84.3 Å². The summed E-state index contributed by atoms with van der Waals surface area (Å²) in [5, 5.41) is 15.5. The summed E-state index contributed by atoms with van der Waals surface area (Å²) in [6.45, 7) is 38.3. The molecule has 3 aliphatic rings. The summed E-state index contributed by atoms with van der Waals surface area (Å²) < 4.78 is 17.1. The highest BCUT2D eigenvalue weighted by atomic mass is 15.0. The molecule has 0 radical (unpaired) electrons. The van der Waals surface area contributed by atoms with Crippen LogP contribution in [0.5, 0.6) is 0 Å². The molecule has 0 spiro atoms. The van der Waals surface area contributed by atoms with Crippen molar-refractivity contribution in [2.45, 2.75) is 220 Å². The van der Waals surface area contributed by atoms with E-state index in [1.54, 1.807) is 33.8 Å². The number of aryl methyl sites for hydroxylation is 17. The van der Waals surface area contributed by atoms with Crippen LogP contribution in [0.2, 0.25) is 0 Å². The summed E-state index contributed by atoms with van der Waals surface area (Å²) in [5.41, 5.74) is 34.4. The summed E-state index contributed by atoms with van der Waals surface area (Å²) in [4.78, 5) is 0. The molecule has 0 bridgehead atoms. The molecule has 7 nitrogen and oxygen atoms in total. The maximum atomic E-state index is 2.54. The molecule has 112 heavy (non-hydrogen) atoms. The topological polar surface area (TPSA) is 34.5 Å². The molecule has 21 rings (SSSR count). The van der Waals surface area contributed by atoms with Crippen molar-refractivity contribution >= 4 is 120 Å². The zero-order chi connectivity index (χ0) is 77.8. The van der Waals surface area contributed by atoms with Gasteiger partial charge < -0.3 is 32.0 Å². The number of hydrogen-bond acceptors (Lipinski definition) is 0. The van der Waals surface area contributed by atoms with Crippen LogP contribution in [-0.4, -0.2) is 32.0 Å². The van der Waals surface area contributed by atoms with Crippen LogP contribution in [0.25, 0.3) is 120 Å². The first-order chi connectivity index (χ1) is 54.7. The molecule has 11 aromatic carbocycles. The van der Waals surface area contributed by atoms with Crippen LogP contribution >= 0.6 is 0 Å². The van der Waals surface area contributed by atoms with E-state index in [0.29, 0.717) is 0 Å². The Hall–Kier alpha value is -10.8. The third-order valence-electron chi connectivity index (χ3n) is 24.7. The van der Waals surface area contributed by atoms with Crippen LogP contribution in [0.15, 0.2) is 224 Å². The van der Waals surface area contributed by atoms with Crippen LogP contribution in [0.1, 0.15) is 160 Å². The minimum atomic E-state index is 1.02. The quantitative estimate of drug-likeness (QED) is 0.152. The molecular weight excluding hydrogens is 1360 g/mol. The first-order valence-corrected chi connectivity index (χ1v) is 42.4. The molecule has 0 saturated heterocycles. The SMILES string of the molecule is CCn1c2c(c3cc(C)ccc31)CCCC2.CCn1c2c(c3ccc(C)cc31)CCCC2.CCn1c2c(c3cccc(C)c31)CCCC2.CCn1c2ccccc2c2c(C)cccc21.CCn1c2ccccc2c2cc(C)ccc21.CCn1c2ccccc2c2ccc(C)cc21.CCn1c2ccccc2c2cccc(C)c21. The van der Waals surface area contributed by atoms with Gasteiger partial charge in [-0.15, -0.1) is 0 Å². The first-order valence-electron chi connectivity index (χ1n) is 42.4. The lowest BCUT2D eigenvalue weighted by atomic mass is 9.95. The minimum absolute atomic E-state index is 1.02. The van der Waals surface area contributed by atoms with Gasteiger partial charge in [0.2, 0.25) is 0 Å². The Kier molecular flexibility index (Phi) is 23.0. The molecule has 7 aromatic heterocycles. The van der Waals surface area contributed by atoms with Crippen molar-refractivity contribution in [1.82, 2.24) is 32.0 Å². The number of nitrogens with zero attached hydrogens (tertiary/aromatic N) is 7. The molecule has 0 fully saturated rings. The van der Waals surface area contributed by atoms with Crippen molar-refractivity contribution in [3.63, 3.8) is 0 Å². The zero-order valence-electron chi connectivity index (χ0n) is 69.4. The van der Waals surface area contributed by atoms with Crippen LogP contribution < -0.4 is 0 Å². The third-order valence-corrected chi connectivity index (χ3v) is 24.7. The van der Waals surface area contributed by atoms with Gasteiger partial charge in [-0.25, -0.2) is 0 Å². The number of hydrogen-bond donors (Lipinski definition) is 0. The van der Waals surface area contributed by atoms with E-state index in [0.717, 1.165) is 45.8 Å². The summed E-state index contributed by atoms with van der Waals surface area (Å²) in [6.07, 6.45) is 15.8. The third kappa shape index (κ3) is 14.4. The summed E-state index contributed by atoms with van der Waals surface area (Å²) in [6, 6.07) is 81.6. The van der Waals surface area contributed by atoms with E-state index < -0.39 is 0 Å². The lowest BCUT2D eigenvalue weighted by Gasteiger charge is -2.14. The van der Waals surface area contributed by atoms with E-state index in [4.69, 9.17) is 0 Å². The zero-order valence-corrected chi connectivity index (χ0v) is 69.4. The molecule has 7 heterocycles. The molecule has 572 valence electrons. The molecule has 7 heteroatoms. The van der Waals surface area contributed by atoms with E-state index in [2.05, 4.69) is 353 Å². The van der Waals surface area contributed by atoms with Crippen molar-refractivity contribution < 1.29 is 0 Å². The molecule has 0 unspecified atom stereocenters. The smallest absolute Gasteiger partial charge is 0.0520 e. The van der Waals surface area contributed by atoms with Gasteiger partial charge in [-0.05, 0) is 285 Å². The average Bonchev–Trinajstić information content (AvgIpc) is 1.34. The predicted octanol–water partition coefficient (Wildman–Crippen LogP) is 28.0. The van der Waals surface area contributed by atoms with Crippen molar-refractivity contribution in [3.8, 4) is 0 Å². The first kappa shape index (κ1) is 76.6. The standard InChI is InChI=1S/C15H19N.2C15H15N.C15H19N.C15H15N.C15H19N.C15H15N/c2*1-3-16-14-10-5-4-8-12(14)13-9-6-7-11(2)15(13)16;1-3-16-13-9-5-4-8-12(13)15-11(2)7-6-10-14(15)16;2*1-3-16-14-7-5-4-6-12(14)13-10-11(2)8-9-15(13)16;2*1-3-16-14-7-5-4-6-12(14)13-9-8-11(2)10-15(13)16/h6-7,9H,3-5,8,10H2,1-2H3;2*4-10H,3H2,1-2H3;8-10H,3-7H2,1-2H3;4-10H,3H2,1-2H3;8-10H,3-7H2,1-2H3;4-10H,3H2,1-2H3. The maximum Gasteiger partial charge on any atom is 0.0520 e. The van der Waals surface area contributed by atoms with Gasteiger partial charge in [-0.1, -0.05) is 169 Å². The van der Waals surface area contributed by atoms with Crippen LogP contribution in [0, 0.1) is 48.5 Å². The monoisotopic (exact) mass is 1480 g/mol. The van der Waals surface area contributed by atoms with Gasteiger partial charge in [0.15, 0.2) is 0 Å². The predicted molar refractivity (Wildman–Crippen MR) is 486 cm³/mol. The van der Waals surface area contributed by atoms with Gasteiger partial charge in [0.1, 0.15) is 0 Å². The van der Waals surface area contributed by atoms with Gasteiger partial charge in [-0.2, -0.15) is 0 Å². The molecule has 0 N–H and O–H groups in total. The lowest BCUT2D eigenvalue weighted by molar-refractivity contribution is 0.630. The number of rotatable bonds is 7. The van der Waals surface area contributed by atoms with E-state index >= 15 is 0 Å². The van der Waals surface area contributed by atoms with E-state index in [1.807, 2.05) is 0 Å². The Bertz CT molecular complexity index is 6310. The van der Waals surface area contributed by atoms with Gasteiger partial charge in [0, 0.05) is 172 Å². The van der Waals surface area contributed by atoms with Crippen molar-refractivity contribution in [3.05, 3.63) is 297 Å². The van der Waals surface area contributed by atoms with Crippen LogP contribution in [0.3, 0.4) is 0 Å². The molecular formula is C105H117N7. The number of aromatic nitrogens is 7. The van der Waals surface area contributed by atoms with Gasteiger partial charge >= 0.3 is 0 Å². The lowest BCUT2D eigenvalue weighted by Crippen LogP contribution is -2.07. The normalized spacial score (nSPS) is 13.1. The van der Waals surface area contributed by atoms with Crippen molar-refractivity contribution in [2.75, 3.05) is 0 Å². The second-order valence-electron chi connectivity index (χ2n) is 31.7. The van der Waals surface area contributed by atoms with Gasteiger partial charge in [0.25, 0.3) is 0 Å². The minimum Gasteiger partial charge on any atom is -0.345 e. The fourth-order valence-electron chi connectivity index (χ4n) is 19.7. The van der Waals surface area contributed by atoms with E-state index in [-0.39, 0.29) is 0 Å². The molecule has 0 saturated carbocycles. The summed E-state index contributed by atoms with van der Waals surface area (Å²) >= 11 is 0. The molecule has 0 amide bonds. The maximum absolute atomic E-state index is 2.54. The molecule has 0 atom stereocenters. The summed E-state index contributed by atoms with van der Waals surface area (Å²) in [7, 11) is 0. The second kappa shape index (κ2) is 33.7. The molecule has 0 aliphatic heterocycles. The Morgan fingerprint density at radius 3 is 1.06 bits per heavy atom. The molecule has 3 aliphatic carbocycles. The Morgan fingerprint density at radius 2 is 0.518 bits per heavy atom. The highest BCUT2D eigenvalue weighted by molar-refractivity contribution is 6.12. The van der Waals surface area contributed by atoms with Crippen molar-refractivity contribution in [1.29, 1.82) is 0 Å². The van der Waals surface area contributed by atoms with E-state index in [9.17, 15) is 0 Å². The Labute approximate surface area is 664 Å². The fraction of sp³-hybridized carbons (Fsp3) is 0.314. The van der Waals surface area contributed by atoms with Gasteiger partial charge in [-0.3, -0.25) is 0 Å². The second-order valence-corrected chi connectivity index (χ2v) is 31.7. The Morgan fingerprint density at radius 1 is 0.205 bits per heavy atom. The summed E-state index contributed by atoms with van der Waals surface area (Å²) in [5.74, 6) is 0. The Balaban J connectivity index is 0.000000103. The van der Waals surface area contributed by atoms with E-state index in [1.165, 1.54) is 236 Å².